The van der Waals surface area contributed by atoms with Crippen molar-refractivity contribution in [2.24, 2.45) is 0 Å². The first-order valence-electron chi connectivity index (χ1n) is 13.0. The molecule has 0 atom stereocenters. The molecule has 6 aromatic rings. The average Bonchev–Trinajstić information content (AvgIpc) is 2.97. The van der Waals surface area contributed by atoms with E-state index in [2.05, 4.69) is 164 Å². The molecule has 0 aliphatic heterocycles. The van der Waals surface area contributed by atoms with Crippen LogP contribution >= 0.6 is 0 Å². The Morgan fingerprint density at radius 1 is 0.526 bits per heavy atom. The van der Waals surface area contributed by atoms with Gasteiger partial charge in [-0.2, -0.15) is 0 Å². The Morgan fingerprint density at radius 2 is 1.13 bits per heavy atom. The summed E-state index contributed by atoms with van der Waals surface area (Å²) in [7, 11) is 0. The van der Waals surface area contributed by atoms with Crippen molar-refractivity contribution in [3.05, 3.63) is 173 Å². The van der Waals surface area contributed by atoms with Crippen LogP contribution in [0.15, 0.2) is 146 Å². The van der Waals surface area contributed by atoms with Gasteiger partial charge in [0.05, 0.1) is 0 Å². The van der Waals surface area contributed by atoms with Crippen LogP contribution in [0.2, 0.25) is 0 Å². The molecule has 6 aromatic carbocycles. The second-order valence-electron chi connectivity index (χ2n) is 9.60. The third kappa shape index (κ3) is 4.51. The summed E-state index contributed by atoms with van der Waals surface area (Å²) in [6.45, 7) is 6.32. The maximum Gasteiger partial charge on any atom is 0.0464 e. The topological polar surface area (TPSA) is 3.24 Å². The van der Waals surface area contributed by atoms with E-state index in [1.165, 1.54) is 38.3 Å². The van der Waals surface area contributed by atoms with Gasteiger partial charge in [-0.3, -0.25) is 0 Å². The average molecular weight is 488 g/mol. The van der Waals surface area contributed by atoms with Gasteiger partial charge in [0.15, 0.2) is 0 Å². The summed E-state index contributed by atoms with van der Waals surface area (Å²) in [4.78, 5) is 2.31. The summed E-state index contributed by atoms with van der Waals surface area (Å²) in [5.74, 6) is 0. The summed E-state index contributed by atoms with van der Waals surface area (Å²) in [5, 5.41) is 4.69. The van der Waals surface area contributed by atoms with Gasteiger partial charge in [-0.05, 0) is 86.8 Å². The summed E-state index contributed by atoms with van der Waals surface area (Å²) in [6, 6.07) is 51.7. The minimum Gasteiger partial charge on any atom is -0.310 e. The van der Waals surface area contributed by atoms with E-state index in [4.69, 9.17) is 0 Å². The SMILES string of the molecule is C=c1ccc(=C(c2ccc(N(c3ccccc3)c3ccccc3)cc2C)c2cccc3ccccc23)cc1. The van der Waals surface area contributed by atoms with Crippen molar-refractivity contribution >= 4 is 40.0 Å². The quantitative estimate of drug-likeness (QED) is 0.236. The number of para-hydroxylation sites is 2. The van der Waals surface area contributed by atoms with Crippen molar-refractivity contribution in [1.82, 2.24) is 0 Å². The first kappa shape index (κ1) is 23.5. The smallest absolute Gasteiger partial charge is 0.0464 e. The van der Waals surface area contributed by atoms with Gasteiger partial charge in [-0.1, -0.05) is 116 Å². The third-order valence-electron chi connectivity index (χ3n) is 7.07. The molecule has 38 heavy (non-hydrogen) atoms. The lowest BCUT2D eigenvalue weighted by atomic mass is 9.89. The van der Waals surface area contributed by atoms with Gasteiger partial charge in [-0.15, -0.1) is 0 Å². The van der Waals surface area contributed by atoms with Gasteiger partial charge in [0.2, 0.25) is 0 Å². The highest BCUT2D eigenvalue weighted by molar-refractivity contribution is 5.98. The van der Waals surface area contributed by atoms with Crippen molar-refractivity contribution < 1.29 is 0 Å². The molecule has 0 spiro atoms. The highest BCUT2D eigenvalue weighted by atomic mass is 15.1. The van der Waals surface area contributed by atoms with Gasteiger partial charge in [0, 0.05) is 17.1 Å². The molecule has 0 bridgehead atoms. The van der Waals surface area contributed by atoms with Crippen LogP contribution in [0.3, 0.4) is 0 Å². The fourth-order valence-electron chi connectivity index (χ4n) is 5.24. The minimum atomic E-state index is 1.01. The maximum absolute atomic E-state index is 4.11. The molecule has 0 aliphatic rings. The fourth-order valence-corrected chi connectivity index (χ4v) is 5.24. The molecule has 0 fully saturated rings. The molecule has 0 unspecified atom stereocenters. The summed E-state index contributed by atoms with van der Waals surface area (Å²) in [5.41, 5.74) is 8.32. The molecule has 0 aromatic heterocycles. The highest BCUT2D eigenvalue weighted by Gasteiger charge is 2.16. The Balaban J connectivity index is 1.57. The summed E-state index contributed by atoms with van der Waals surface area (Å²) < 4.78 is 0. The monoisotopic (exact) mass is 487 g/mol. The zero-order valence-corrected chi connectivity index (χ0v) is 21.5. The van der Waals surface area contributed by atoms with E-state index >= 15 is 0 Å². The predicted octanol–water partition coefficient (Wildman–Crippen LogP) is 8.28. The summed E-state index contributed by atoms with van der Waals surface area (Å²) >= 11 is 0. The van der Waals surface area contributed by atoms with Crippen LogP contribution in [0.1, 0.15) is 16.7 Å². The van der Waals surface area contributed by atoms with Crippen molar-refractivity contribution in [2.75, 3.05) is 4.90 Å². The van der Waals surface area contributed by atoms with Gasteiger partial charge < -0.3 is 4.90 Å². The summed E-state index contributed by atoms with van der Waals surface area (Å²) in [6.07, 6.45) is 0. The molecule has 1 nitrogen and oxygen atoms in total. The highest BCUT2D eigenvalue weighted by Crippen LogP contribution is 2.37. The Morgan fingerprint density at radius 3 is 1.79 bits per heavy atom. The molecule has 0 radical (unpaired) electrons. The van der Waals surface area contributed by atoms with Crippen LogP contribution in [0.4, 0.5) is 17.1 Å². The van der Waals surface area contributed by atoms with E-state index in [0.717, 1.165) is 22.3 Å². The molecule has 182 valence electrons. The Kier molecular flexibility index (Phi) is 6.34. The number of anilines is 3. The third-order valence-corrected chi connectivity index (χ3v) is 7.07. The Labute approximate surface area is 224 Å². The lowest BCUT2D eigenvalue weighted by molar-refractivity contribution is 1.26. The van der Waals surface area contributed by atoms with E-state index in [0.29, 0.717) is 0 Å². The van der Waals surface area contributed by atoms with Crippen molar-refractivity contribution in [3.63, 3.8) is 0 Å². The second kappa shape index (κ2) is 10.2. The number of hydrogen-bond acceptors (Lipinski definition) is 1. The van der Waals surface area contributed by atoms with E-state index in [1.54, 1.807) is 0 Å². The molecule has 0 saturated carbocycles. The van der Waals surface area contributed by atoms with Crippen LogP contribution in [0, 0.1) is 6.92 Å². The molecular weight excluding hydrogens is 458 g/mol. The number of hydrogen-bond donors (Lipinski definition) is 0. The van der Waals surface area contributed by atoms with Crippen LogP contribution in [-0.4, -0.2) is 0 Å². The van der Waals surface area contributed by atoms with Crippen molar-refractivity contribution in [1.29, 1.82) is 0 Å². The lowest BCUT2D eigenvalue weighted by Gasteiger charge is -2.26. The fraction of sp³-hybridized carbons (Fsp3) is 0.0270. The van der Waals surface area contributed by atoms with Crippen LogP contribution in [0.25, 0.3) is 22.9 Å². The molecule has 0 saturated heterocycles. The van der Waals surface area contributed by atoms with E-state index < -0.39 is 0 Å². The normalized spacial score (nSPS) is 10.9. The van der Waals surface area contributed by atoms with Gasteiger partial charge in [0.25, 0.3) is 0 Å². The predicted molar refractivity (Wildman–Crippen MR) is 163 cm³/mol. The molecule has 1 heteroatoms. The number of aryl methyl sites for hydroxylation is 1. The second-order valence-corrected chi connectivity index (χ2v) is 9.60. The molecule has 0 aliphatic carbocycles. The molecule has 0 amide bonds. The molecule has 0 heterocycles. The maximum atomic E-state index is 4.11. The Bertz CT molecular complexity index is 1770. The van der Waals surface area contributed by atoms with E-state index in [1.807, 2.05) is 0 Å². The standard InChI is InChI=1S/C37H29N/c1-27-20-22-30(23-21-27)37(36-19-11-13-29-12-9-10-18-35(29)36)34-25-24-33(26-28(34)2)38(31-14-5-3-6-15-31)32-16-7-4-8-17-32/h3-26H,1H2,2H3. The zero-order valence-electron chi connectivity index (χ0n) is 21.5. The van der Waals surface area contributed by atoms with Crippen LogP contribution < -0.4 is 15.3 Å². The van der Waals surface area contributed by atoms with Gasteiger partial charge in [-0.25, -0.2) is 0 Å². The lowest BCUT2D eigenvalue weighted by Crippen LogP contribution is -2.13. The molecule has 0 N–H and O–H groups in total. The largest absolute Gasteiger partial charge is 0.310 e. The zero-order chi connectivity index (χ0) is 25.9. The van der Waals surface area contributed by atoms with E-state index in [-0.39, 0.29) is 0 Å². The molecule has 6 rings (SSSR count). The van der Waals surface area contributed by atoms with Crippen molar-refractivity contribution in [2.45, 2.75) is 6.92 Å². The van der Waals surface area contributed by atoms with Crippen LogP contribution in [0.5, 0.6) is 0 Å². The number of fused-ring (bicyclic) bond motifs is 1. The first-order chi connectivity index (χ1) is 18.7. The number of rotatable bonds is 5. The molecular formula is C37H29N. The van der Waals surface area contributed by atoms with Crippen LogP contribution in [-0.2, 0) is 0 Å². The van der Waals surface area contributed by atoms with Crippen molar-refractivity contribution in [3.8, 4) is 0 Å². The first-order valence-corrected chi connectivity index (χ1v) is 13.0. The number of benzene rings is 6. The van der Waals surface area contributed by atoms with Gasteiger partial charge in [0.1, 0.15) is 0 Å². The minimum absolute atomic E-state index is 1.01. The van der Waals surface area contributed by atoms with Gasteiger partial charge >= 0.3 is 0 Å². The number of nitrogens with zero attached hydrogens (tertiary/aromatic N) is 1. The van der Waals surface area contributed by atoms with E-state index in [9.17, 15) is 0 Å². The Hall–Kier alpha value is -4.88.